The van der Waals surface area contributed by atoms with E-state index >= 15 is 0 Å². The fourth-order valence-electron chi connectivity index (χ4n) is 3.86. The van der Waals surface area contributed by atoms with Crippen LogP contribution in [0.1, 0.15) is 12.2 Å². The predicted molar refractivity (Wildman–Crippen MR) is 142 cm³/mol. The molecule has 1 saturated heterocycles. The molecule has 2 heterocycles. The fraction of sp³-hybridized carbons (Fsp3) is 0.286. The van der Waals surface area contributed by atoms with Gasteiger partial charge in [-0.25, -0.2) is 19.0 Å². The Morgan fingerprint density at radius 2 is 1.58 bits per heavy atom. The molecule has 3 aromatic rings. The Morgan fingerprint density at radius 3 is 2.18 bits per heavy atom. The normalized spacial score (nSPS) is 13.6. The number of para-hydroxylation sites is 1. The van der Waals surface area contributed by atoms with Gasteiger partial charge < -0.3 is 19.8 Å². The van der Waals surface area contributed by atoms with E-state index in [2.05, 4.69) is 50.1 Å². The first-order valence-electron chi connectivity index (χ1n) is 12.2. The number of aryl methyl sites for hydroxylation is 1. The van der Waals surface area contributed by atoms with Crippen LogP contribution in [0.2, 0.25) is 0 Å². The molecule has 1 aromatic heterocycles. The van der Waals surface area contributed by atoms with Gasteiger partial charge in [0.2, 0.25) is 5.88 Å². The molecular formula is C28H31FN4O5. The number of ether oxygens (including phenoxy) is 1. The highest BCUT2D eigenvalue weighted by Gasteiger charge is 2.16. The molecule has 2 N–H and O–H groups in total. The molecule has 2 aromatic carbocycles. The summed E-state index contributed by atoms with van der Waals surface area (Å²) in [6, 6.07) is 18.7. The summed E-state index contributed by atoms with van der Waals surface area (Å²) >= 11 is 0. The van der Waals surface area contributed by atoms with Gasteiger partial charge in [0.25, 0.3) is 0 Å². The van der Waals surface area contributed by atoms with Gasteiger partial charge in [-0.2, -0.15) is 4.98 Å². The van der Waals surface area contributed by atoms with Crippen LogP contribution in [0.5, 0.6) is 5.88 Å². The van der Waals surface area contributed by atoms with Crippen LogP contribution in [0.4, 0.5) is 10.1 Å². The summed E-state index contributed by atoms with van der Waals surface area (Å²) in [4.78, 5) is 32.8. The van der Waals surface area contributed by atoms with Crippen molar-refractivity contribution < 1.29 is 28.9 Å². The Balaban J connectivity index is 0.000000436. The van der Waals surface area contributed by atoms with E-state index in [0.717, 1.165) is 50.4 Å². The number of benzene rings is 2. The number of hydrogen-bond donors (Lipinski definition) is 2. The lowest BCUT2D eigenvalue weighted by Crippen LogP contribution is -2.46. The molecule has 9 nitrogen and oxygen atoms in total. The summed E-state index contributed by atoms with van der Waals surface area (Å²) in [5.41, 5.74) is 2.90. The van der Waals surface area contributed by atoms with Gasteiger partial charge in [0.15, 0.2) is 0 Å². The van der Waals surface area contributed by atoms with E-state index in [9.17, 15) is 14.0 Å². The first kappa shape index (κ1) is 28.3. The Labute approximate surface area is 220 Å². The Bertz CT molecular complexity index is 1200. The average Bonchev–Trinajstić information content (AvgIpc) is 2.91. The Kier molecular flexibility index (Phi) is 10.7. The molecule has 0 unspecified atom stereocenters. The molecule has 4 rings (SSSR count). The topological polar surface area (TPSA) is 116 Å². The second kappa shape index (κ2) is 14.4. The van der Waals surface area contributed by atoms with Gasteiger partial charge in [0.1, 0.15) is 11.6 Å². The molecule has 0 bridgehead atoms. The van der Waals surface area contributed by atoms with Gasteiger partial charge >= 0.3 is 11.9 Å². The molecule has 0 saturated carbocycles. The summed E-state index contributed by atoms with van der Waals surface area (Å²) < 4.78 is 19.1. The number of halogens is 1. The van der Waals surface area contributed by atoms with Crippen molar-refractivity contribution >= 4 is 17.6 Å². The number of aromatic nitrogens is 2. The van der Waals surface area contributed by atoms with Crippen molar-refractivity contribution in [1.29, 1.82) is 0 Å². The van der Waals surface area contributed by atoms with Gasteiger partial charge in [-0.05, 0) is 49.7 Å². The summed E-state index contributed by atoms with van der Waals surface area (Å²) in [5, 5.41) is 15.6. The molecule has 10 heteroatoms. The minimum Gasteiger partial charge on any atom is -0.478 e. The van der Waals surface area contributed by atoms with Gasteiger partial charge in [-0.1, -0.05) is 18.2 Å². The van der Waals surface area contributed by atoms with Crippen LogP contribution in [0.3, 0.4) is 0 Å². The molecular weight excluding hydrogens is 491 g/mol. The van der Waals surface area contributed by atoms with Crippen molar-refractivity contribution in [2.24, 2.45) is 0 Å². The second-order valence-corrected chi connectivity index (χ2v) is 8.52. The van der Waals surface area contributed by atoms with Crippen molar-refractivity contribution in [1.82, 2.24) is 14.9 Å². The van der Waals surface area contributed by atoms with E-state index in [4.69, 9.17) is 14.9 Å². The number of carboxylic acid groups (broad SMARTS) is 2. The zero-order chi connectivity index (χ0) is 27.3. The van der Waals surface area contributed by atoms with E-state index in [1.54, 1.807) is 12.1 Å². The van der Waals surface area contributed by atoms with Crippen LogP contribution < -0.4 is 9.64 Å². The van der Waals surface area contributed by atoms with Crippen LogP contribution in [-0.2, 0) is 9.59 Å². The first-order chi connectivity index (χ1) is 18.3. The van der Waals surface area contributed by atoms with Crippen molar-refractivity contribution in [2.75, 3.05) is 44.2 Å². The van der Waals surface area contributed by atoms with Crippen molar-refractivity contribution in [2.45, 2.75) is 13.3 Å². The van der Waals surface area contributed by atoms with E-state index in [1.165, 1.54) is 17.8 Å². The third-order valence-corrected chi connectivity index (χ3v) is 5.69. The molecule has 0 atom stereocenters. The number of carboxylic acids is 2. The molecule has 0 amide bonds. The van der Waals surface area contributed by atoms with Crippen LogP contribution in [0, 0.1) is 12.7 Å². The highest BCUT2D eigenvalue weighted by atomic mass is 19.1. The van der Waals surface area contributed by atoms with Crippen molar-refractivity contribution in [3.8, 4) is 17.1 Å². The lowest BCUT2D eigenvalue weighted by atomic mass is 10.1. The lowest BCUT2D eigenvalue weighted by Gasteiger charge is -2.36. The summed E-state index contributed by atoms with van der Waals surface area (Å²) in [6.07, 6.45) is 2.06. The molecule has 0 aliphatic carbocycles. The zero-order valence-electron chi connectivity index (χ0n) is 21.2. The van der Waals surface area contributed by atoms with Gasteiger partial charge in [0, 0.05) is 62.2 Å². The largest absolute Gasteiger partial charge is 0.478 e. The van der Waals surface area contributed by atoms with Crippen molar-refractivity contribution in [3.05, 3.63) is 84.5 Å². The number of hydrogen-bond acceptors (Lipinski definition) is 7. The van der Waals surface area contributed by atoms with Gasteiger partial charge in [-0.15, -0.1) is 0 Å². The Hall–Kier alpha value is -4.31. The lowest BCUT2D eigenvalue weighted by molar-refractivity contribution is -0.134. The summed E-state index contributed by atoms with van der Waals surface area (Å²) in [7, 11) is 0. The highest BCUT2D eigenvalue weighted by Crippen LogP contribution is 2.21. The quantitative estimate of drug-likeness (QED) is 0.319. The summed E-state index contributed by atoms with van der Waals surface area (Å²) in [5.74, 6) is -1.56. The molecule has 1 aliphatic rings. The second-order valence-electron chi connectivity index (χ2n) is 8.52. The molecule has 200 valence electrons. The van der Waals surface area contributed by atoms with Gasteiger partial charge in [0.05, 0.1) is 12.3 Å². The number of rotatable bonds is 9. The van der Waals surface area contributed by atoms with Crippen LogP contribution >= 0.6 is 0 Å². The molecule has 1 fully saturated rings. The standard InChI is InChI=1S/C24H27FN4O.C4H4O4/c1-19-26-23(20-8-10-21(25)11-9-20)18-24(27-19)30-17-5-12-28-13-15-29(16-14-28)22-6-3-2-4-7-22;5-3(6)1-2-4(7)8/h2-4,6-11,18H,5,12-17H2,1H3;1-2H,(H,5,6)(H,7,8)/b;2-1-. The first-order valence-corrected chi connectivity index (χ1v) is 12.2. The van der Waals surface area contributed by atoms with Crippen LogP contribution in [-0.4, -0.2) is 76.4 Å². The molecule has 1 aliphatic heterocycles. The van der Waals surface area contributed by atoms with E-state index in [-0.39, 0.29) is 5.82 Å². The average molecular weight is 523 g/mol. The highest BCUT2D eigenvalue weighted by molar-refractivity contribution is 5.89. The number of nitrogens with zero attached hydrogens (tertiary/aromatic N) is 4. The van der Waals surface area contributed by atoms with Crippen LogP contribution in [0.25, 0.3) is 11.3 Å². The molecule has 0 spiro atoms. The van der Waals surface area contributed by atoms with Crippen molar-refractivity contribution in [3.63, 3.8) is 0 Å². The maximum atomic E-state index is 13.2. The monoisotopic (exact) mass is 522 g/mol. The zero-order valence-corrected chi connectivity index (χ0v) is 21.2. The van der Waals surface area contributed by atoms with E-state index < -0.39 is 11.9 Å². The fourth-order valence-corrected chi connectivity index (χ4v) is 3.86. The molecule has 38 heavy (non-hydrogen) atoms. The van der Waals surface area contributed by atoms with Crippen LogP contribution in [0.15, 0.2) is 72.8 Å². The maximum absolute atomic E-state index is 13.2. The number of carbonyl (C=O) groups is 2. The minimum atomic E-state index is -1.26. The maximum Gasteiger partial charge on any atom is 0.328 e. The summed E-state index contributed by atoms with van der Waals surface area (Å²) in [6.45, 7) is 7.70. The van der Waals surface area contributed by atoms with E-state index in [0.29, 0.717) is 30.5 Å². The Morgan fingerprint density at radius 1 is 0.947 bits per heavy atom. The number of anilines is 1. The minimum absolute atomic E-state index is 0.259. The van der Waals surface area contributed by atoms with E-state index in [1.807, 2.05) is 13.0 Å². The predicted octanol–water partition coefficient (Wildman–Crippen LogP) is 3.89. The molecule has 0 radical (unpaired) electrons. The number of aliphatic carboxylic acids is 2. The smallest absolute Gasteiger partial charge is 0.328 e. The third kappa shape index (κ3) is 9.62. The SMILES string of the molecule is Cc1nc(OCCCN2CCN(c3ccccc3)CC2)cc(-c2ccc(F)cc2)n1.O=C(O)/C=C\C(=O)O. The van der Waals surface area contributed by atoms with Gasteiger partial charge in [-0.3, -0.25) is 4.90 Å². The number of piperazine rings is 1. The third-order valence-electron chi connectivity index (χ3n) is 5.69.